The van der Waals surface area contributed by atoms with E-state index in [1.54, 1.807) is 0 Å². The third-order valence-electron chi connectivity index (χ3n) is 5.83. The summed E-state index contributed by atoms with van der Waals surface area (Å²) in [5.41, 5.74) is 3.60. The minimum absolute atomic E-state index is 0.365. The van der Waals surface area contributed by atoms with Gasteiger partial charge in [0.2, 0.25) is 0 Å². The molecule has 2 aliphatic rings. The second kappa shape index (κ2) is 7.82. The molecule has 138 valence electrons. The van der Waals surface area contributed by atoms with Gasteiger partial charge in [0.1, 0.15) is 0 Å². The molecular formula is C21H28N4O. The highest BCUT2D eigenvalue weighted by molar-refractivity contribution is 5.12. The highest BCUT2D eigenvalue weighted by Crippen LogP contribution is 2.33. The number of likely N-dealkylation sites (tertiary alicyclic amines) is 2. The monoisotopic (exact) mass is 352 g/mol. The molecule has 3 atom stereocenters. The quantitative estimate of drug-likeness (QED) is 0.827. The normalized spacial score (nSPS) is 26.8. The van der Waals surface area contributed by atoms with Crippen LogP contribution in [0.2, 0.25) is 0 Å². The number of piperidine rings is 1. The average Bonchev–Trinajstić information content (AvgIpc) is 3.07. The van der Waals surface area contributed by atoms with Gasteiger partial charge in [-0.1, -0.05) is 6.07 Å². The van der Waals surface area contributed by atoms with Crippen LogP contribution in [0.25, 0.3) is 0 Å². The lowest BCUT2D eigenvalue weighted by molar-refractivity contribution is -0.0248. The van der Waals surface area contributed by atoms with Gasteiger partial charge in [-0.15, -0.1) is 0 Å². The van der Waals surface area contributed by atoms with E-state index in [0.29, 0.717) is 18.1 Å². The number of fused-ring (bicyclic) bond motifs is 1. The Kier molecular flexibility index (Phi) is 5.29. The molecule has 0 aliphatic carbocycles. The lowest BCUT2D eigenvalue weighted by Gasteiger charge is -2.41. The van der Waals surface area contributed by atoms with E-state index in [9.17, 15) is 0 Å². The molecule has 0 radical (unpaired) electrons. The summed E-state index contributed by atoms with van der Waals surface area (Å²) in [6.07, 6.45) is 5.23. The van der Waals surface area contributed by atoms with Gasteiger partial charge in [0.15, 0.2) is 0 Å². The molecule has 2 fully saturated rings. The molecule has 2 aromatic rings. The molecule has 4 heterocycles. The first kappa shape index (κ1) is 17.6. The fraction of sp³-hybridized carbons (Fsp3) is 0.524. The van der Waals surface area contributed by atoms with E-state index in [1.165, 1.54) is 11.3 Å². The zero-order valence-corrected chi connectivity index (χ0v) is 15.7. The van der Waals surface area contributed by atoms with E-state index in [4.69, 9.17) is 9.72 Å². The van der Waals surface area contributed by atoms with Crippen molar-refractivity contribution in [2.45, 2.75) is 38.6 Å². The predicted molar refractivity (Wildman–Crippen MR) is 102 cm³/mol. The zero-order valence-electron chi connectivity index (χ0n) is 15.7. The van der Waals surface area contributed by atoms with Crippen molar-refractivity contribution in [3.63, 3.8) is 0 Å². The number of ether oxygens (including phenoxy) is 1. The number of rotatable bonds is 5. The van der Waals surface area contributed by atoms with Crippen molar-refractivity contribution < 1.29 is 4.74 Å². The highest BCUT2D eigenvalue weighted by Gasteiger charge is 2.44. The fourth-order valence-corrected chi connectivity index (χ4v) is 4.58. The molecule has 2 aromatic heterocycles. The summed E-state index contributed by atoms with van der Waals surface area (Å²) < 4.78 is 5.84. The first-order chi connectivity index (χ1) is 12.7. The minimum atomic E-state index is 0.365. The van der Waals surface area contributed by atoms with Crippen molar-refractivity contribution in [2.75, 3.05) is 26.7 Å². The van der Waals surface area contributed by atoms with Crippen LogP contribution in [-0.4, -0.2) is 58.7 Å². The first-order valence-electron chi connectivity index (χ1n) is 9.53. The van der Waals surface area contributed by atoms with Crippen molar-refractivity contribution in [1.29, 1.82) is 0 Å². The number of aryl methyl sites for hydroxylation is 1. The van der Waals surface area contributed by atoms with E-state index < -0.39 is 0 Å². The Morgan fingerprint density at radius 2 is 1.96 bits per heavy atom. The Hall–Kier alpha value is -1.82. The molecule has 5 nitrogen and oxygen atoms in total. The molecule has 0 spiro atoms. The van der Waals surface area contributed by atoms with Gasteiger partial charge in [-0.05, 0) is 43.2 Å². The minimum Gasteiger partial charge on any atom is -0.381 e. The summed E-state index contributed by atoms with van der Waals surface area (Å²) in [7, 11) is 1.87. The Morgan fingerprint density at radius 3 is 2.73 bits per heavy atom. The van der Waals surface area contributed by atoms with Crippen molar-refractivity contribution in [3.8, 4) is 0 Å². The zero-order chi connectivity index (χ0) is 17.9. The molecule has 0 aromatic carbocycles. The van der Waals surface area contributed by atoms with Crippen LogP contribution in [0.3, 0.4) is 0 Å². The molecule has 4 rings (SSSR count). The van der Waals surface area contributed by atoms with Crippen LogP contribution >= 0.6 is 0 Å². The van der Waals surface area contributed by atoms with Crippen LogP contribution in [0.4, 0.5) is 0 Å². The summed E-state index contributed by atoms with van der Waals surface area (Å²) in [4.78, 5) is 14.0. The van der Waals surface area contributed by atoms with Crippen LogP contribution in [0, 0.1) is 12.8 Å². The predicted octanol–water partition coefficient (Wildman–Crippen LogP) is 2.51. The van der Waals surface area contributed by atoms with E-state index in [0.717, 1.165) is 44.8 Å². The SMILES string of the molecule is CO[C@@H]1CCN(Cc2cccc(C)n2)[C@H]2CN(Cc3ccncc3)C[C@@H]12. The van der Waals surface area contributed by atoms with Crippen molar-refractivity contribution in [2.24, 2.45) is 5.92 Å². The molecular weight excluding hydrogens is 324 g/mol. The third kappa shape index (κ3) is 3.80. The fourth-order valence-electron chi connectivity index (χ4n) is 4.58. The first-order valence-corrected chi connectivity index (χ1v) is 9.53. The number of pyridine rings is 2. The number of nitrogens with zero attached hydrogens (tertiary/aromatic N) is 4. The van der Waals surface area contributed by atoms with Gasteiger partial charge in [0.25, 0.3) is 0 Å². The third-order valence-corrected chi connectivity index (χ3v) is 5.83. The second-order valence-electron chi connectivity index (χ2n) is 7.58. The van der Waals surface area contributed by atoms with Crippen molar-refractivity contribution in [1.82, 2.24) is 19.8 Å². The van der Waals surface area contributed by atoms with Gasteiger partial charge in [0.05, 0.1) is 11.8 Å². The number of aromatic nitrogens is 2. The van der Waals surface area contributed by atoms with Crippen LogP contribution in [-0.2, 0) is 17.8 Å². The van der Waals surface area contributed by atoms with Crippen LogP contribution < -0.4 is 0 Å². The summed E-state index contributed by atoms with van der Waals surface area (Å²) in [5.74, 6) is 0.570. The summed E-state index contributed by atoms with van der Waals surface area (Å²) in [6, 6.07) is 11.1. The molecule has 0 unspecified atom stereocenters. The maximum absolute atomic E-state index is 5.84. The lowest BCUT2D eigenvalue weighted by Crippen LogP contribution is -2.50. The number of hydrogen-bond acceptors (Lipinski definition) is 5. The molecule has 0 saturated carbocycles. The van der Waals surface area contributed by atoms with Crippen LogP contribution in [0.1, 0.15) is 23.4 Å². The van der Waals surface area contributed by atoms with Gasteiger partial charge < -0.3 is 4.74 Å². The Morgan fingerprint density at radius 1 is 1.12 bits per heavy atom. The van der Waals surface area contributed by atoms with Crippen LogP contribution in [0.5, 0.6) is 0 Å². The summed E-state index contributed by atoms with van der Waals surface area (Å²) in [6.45, 7) is 7.26. The molecule has 2 saturated heterocycles. The Balaban J connectivity index is 1.48. The maximum Gasteiger partial charge on any atom is 0.0639 e. The summed E-state index contributed by atoms with van der Waals surface area (Å²) >= 11 is 0. The van der Waals surface area contributed by atoms with Gasteiger partial charge in [0, 0.05) is 69.9 Å². The smallest absolute Gasteiger partial charge is 0.0639 e. The highest BCUT2D eigenvalue weighted by atomic mass is 16.5. The van der Waals surface area contributed by atoms with E-state index in [1.807, 2.05) is 19.5 Å². The molecule has 2 aliphatic heterocycles. The van der Waals surface area contributed by atoms with Gasteiger partial charge >= 0.3 is 0 Å². The largest absolute Gasteiger partial charge is 0.381 e. The second-order valence-corrected chi connectivity index (χ2v) is 7.58. The van der Waals surface area contributed by atoms with E-state index in [2.05, 4.69) is 52.0 Å². The molecule has 0 bridgehead atoms. The Labute approximate surface area is 156 Å². The number of hydrogen-bond donors (Lipinski definition) is 0. The standard InChI is InChI=1S/C21H28N4O/c1-16-4-3-5-18(23-16)13-25-11-8-21(26-2)19-14-24(15-20(19)25)12-17-6-9-22-10-7-17/h3-7,9-10,19-21H,8,11-15H2,1-2H3/t19-,20+,21-/m1/s1. The number of methoxy groups -OCH3 is 1. The van der Waals surface area contributed by atoms with Gasteiger partial charge in [-0.2, -0.15) is 0 Å². The topological polar surface area (TPSA) is 41.5 Å². The Bertz CT molecular complexity index is 723. The molecule has 0 N–H and O–H groups in total. The van der Waals surface area contributed by atoms with Crippen LogP contribution in [0.15, 0.2) is 42.7 Å². The molecule has 26 heavy (non-hydrogen) atoms. The molecule has 5 heteroatoms. The summed E-state index contributed by atoms with van der Waals surface area (Å²) in [5, 5.41) is 0. The van der Waals surface area contributed by atoms with E-state index >= 15 is 0 Å². The van der Waals surface area contributed by atoms with Crippen molar-refractivity contribution in [3.05, 3.63) is 59.7 Å². The average molecular weight is 352 g/mol. The van der Waals surface area contributed by atoms with Crippen molar-refractivity contribution >= 4 is 0 Å². The maximum atomic E-state index is 5.84. The molecule has 0 amide bonds. The lowest BCUT2D eigenvalue weighted by atomic mass is 9.89. The van der Waals surface area contributed by atoms with Gasteiger partial charge in [-0.25, -0.2) is 0 Å². The van der Waals surface area contributed by atoms with E-state index in [-0.39, 0.29) is 0 Å². The van der Waals surface area contributed by atoms with Gasteiger partial charge in [-0.3, -0.25) is 19.8 Å².